The van der Waals surface area contributed by atoms with Gasteiger partial charge in [-0.15, -0.1) is 0 Å². The van der Waals surface area contributed by atoms with E-state index in [1.165, 1.54) is 11.1 Å². The summed E-state index contributed by atoms with van der Waals surface area (Å²) in [7, 11) is 0. The Morgan fingerprint density at radius 3 is 1.95 bits per heavy atom. The fourth-order valence-electron chi connectivity index (χ4n) is 3.00. The van der Waals surface area contributed by atoms with Gasteiger partial charge in [0, 0.05) is 25.7 Å². The molecule has 1 aliphatic heterocycles. The Kier molecular flexibility index (Phi) is 4.63. The summed E-state index contributed by atoms with van der Waals surface area (Å²) in [5, 5.41) is 3.24. The third-order valence-corrected chi connectivity index (χ3v) is 4.03. The highest BCUT2D eigenvalue weighted by Crippen LogP contribution is 2.31. The minimum Gasteiger partial charge on any atom is -0.309 e. The standard InChI is InChI=1S/C18H21FN2/c19-11-12-20-17-13-21(14-17)18(15-7-3-1-4-8-15)16-9-5-2-6-10-16/h1-10,17-18,20H,11-14H2. The molecular formula is C18H21FN2. The second-order valence-electron chi connectivity index (χ2n) is 5.52. The largest absolute Gasteiger partial charge is 0.309 e. The van der Waals surface area contributed by atoms with Gasteiger partial charge in [-0.25, -0.2) is 4.39 Å². The van der Waals surface area contributed by atoms with Gasteiger partial charge in [0.15, 0.2) is 0 Å². The third kappa shape index (κ3) is 3.31. The molecule has 0 atom stereocenters. The summed E-state index contributed by atoms with van der Waals surface area (Å²) in [6.45, 7) is 2.10. The van der Waals surface area contributed by atoms with E-state index in [1.54, 1.807) is 0 Å². The van der Waals surface area contributed by atoms with Crippen molar-refractivity contribution in [1.82, 2.24) is 10.2 Å². The average molecular weight is 284 g/mol. The lowest BCUT2D eigenvalue weighted by atomic mass is 9.93. The Balaban J connectivity index is 1.76. The second-order valence-corrected chi connectivity index (χ2v) is 5.52. The van der Waals surface area contributed by atoms with Gasteiger partial charge in [0.2, 0.25) is 0 Å². The Hall–Kier alpha value is -1.71. The van der Waals surface area contributed by atoms with Gasteiger partial charge in [-0.3, -0.25) is 4.90 Å². The Labute approximate surface area is 125 Å². The number of nitrogens with one attached hydrogen (secondary N) is 1. The van der Waals surface area contributed by atoms with E-state index in [9.17, 15) is 4.39 Å². The quantitative estimate of drug-likeness (QED) is 0.877. The van der Waals surface area contributed by atoms with Crippen LogP contribution in [0.5, 0.6) is 0 Å². The van der Waals surface area contributed by atoms with Crippen LogP contribution in [0.4, 0.5) is 4.39 Å². The van der Waals surface area contributed by atoms with Gasteiger partial charge in [0.25, 0.3) is 0 Å². The van der Waals surface area contributed by atoms with E-state index >= 15 is 0 Å². The van der Waals surface area contributed by atoms with Crippen LogP contribution in [0.1, 0.15) is 17.2 Å². The lowest BCUT2D eigenvalue weighted by Gasteiger charge is -2.45. The van der Waals surface area contributed by atoms with Crippen LogP contribution < -0.4 is 5.32 Å². The molecule has 0 spiro atoms. The van der Waals surface area contributed by atoms with Crippen molar-refractivity contribution in [2.24, 2.45) is 0 Å². The molecule has 0 unspecified atom stereocenters. The maximum absolute atomic E-state index is 12.2. The molecule has 0 aromatic heterocycles. The molecule has 1 N–H and O–H groups in total. The monoisotopic (exact) mass is 284 g/mol. The van der Waals surface area contributed by atoms with Crippen molar-refractivity contribution in [1.29, 1.82) is 0 Å². The van der Waals surface area contributed by atoms with Crippen LogP contribution in [-0.2, 0) is 0 Å². The first kappa shape index (κ1) is 14.2. The third-order valence-electron chi connectivity index (χ3n) is 4.03. The van der Waals surface area contributed by atoms with Crippen molar-refractivity contribution in [2.45, 2.75) is 12.1 Å². The van der Waals surface area contributed by atoms with E-state index in [0.717, 1.165) is 13.1 Å². The smallest absolute Gasteiger partial charge is 0.102 e. The first-order valence-corrected chi connectivity index (χ1v) is 7.52. The minimum atomic E-state index is -0.294. The number of alkyl halides is 1. The lowest BCUT2D eigenvalue weighted by molar-refractivity contribution is 0.0923. The van der Waals surface area contributed by atoms with Crippen molar-refractivity contribution in [3.05, 3.63) is 71.8 Å². The van der Waals surface area contributed by atoms with Gasteiger partial charge in [-0.2, -0.15) is 0 Å². The highest BCUT2D eigenvalue weighted by Gasteiger charge is 2.33. The Morgan fingerprint density at radius 1 is 0.952 bits per heavy atom. The molecule has 0 radical (unpaired) electrons. The average Bonchev–Trinajstić information content (AvgIpc) is 2.51. The molecule has 21 heavy (non-hydrogen) atoms. The normalized spacial score (nSPS) is 16.1. The van der Waals surface area contributed by atoms with Crippen LogP contribution >= 0.6 is 0 Å². The van der Waals surface area contributed by atoms with E-state index in [2.05, 4.69) is 58.7 Å². The van der Waals surface area contributed by atoms with Crippen LogP contribution in [0, 0.1) is 0 Å². The van der Waals surface area contributed by atoms with Crippen molar-refractivity contribution in [3.8, 4) is 0 Å². The SMILES string of the molecule is FCCNC1CN(C(c2ccccc2)c2ccccc2)C1. The zero-order valence-electron chi connectivity index (χ0n) is 12.1. The van der Waals surface area contributed by atoms with Gasteiger partial charge < -0.3 is 5.32 Å². The fraction of sp³-hybridized carbons (Fsp3) is 0.333. The highest BCUT2D eigenvalue weighted by molar-refractivity contribution is 5.32. The molecule has 0 amide bonds. The summed E-state index contributed by atoms with van der Waals surface area (Å²) in [5.74, 6) is 0. The molecule has 1 fully saturated rings. The summed E-state index contributed by atoms with van der Waals surface area (Å²) >= 11 is 0. The summed E-state index contributed by atoms with van der Waals surface area (Å²) in [5.41, 5.74) is 2.63. The lowest BCUT2D eigenvalue weighted by Crippen LogP contribution is -2.59. The highest BCUT2D eigenvalue weighted by atomic mass is 19.1. The van der Waals surface area contributed by atoms with Gasteiger partial charge in [0.05, 0.1) is 6.04 Å². The number of nitrogens with zero attached hydrogens (tertiary/aromatic N) is 1. The van der Waals surface area contributed by atoms with Crippen LogP contribution in [-0.4, -0.2) is 37.3 Å². The molecule has 3 heteroatoms. The molecule has 3 rings (SSSR count). The molecule has 0 bridgehead atoms. The van der Waals surface area contributed by atoms with Crippen molar-refractivity contribution in [3.63, 3.8) is 0 Å². The predicted octanol–water partition coefficient (Wildman–Crippen LogP) is 3.02. The zero-order valence-corrected chi connectivity index (χ0v) is 12.1. The van der Waals surface area contributed by atoms with Gasteiger partial charge in [-0.05, 0) is 11.1 Å². The molecule has 1 aliphatic rings. The molecule has 1 saturated heterocycles. The van der Waals surface area contributed by atoms with Crippen LogP contribution in [0.25, 0.3) is 0 Å². The van der Waals surface area contributed by atoms with E-state index in [0.29, 0.717) is 12.6 Å². The number of rotatable bonds is 6. The topological polar surface area (TPSA) is 15.3 Å². The zero-order chi connectivity index (χ0) is 14.5. The Bertz CT molecular complexity index is 498. The molecule has 0 aliphatic carbocycles. The van der Waals surface area contributed by atoms with Crippen LogP contribution in [0.15, 0.2) is 60.7 Å². The van der Waals surface area contributed by atoms with E-state index < -0.39 is 0 Å². The number of benzene rings is 2. The maximum Gasteiger partial charge on any atom is 0.102 e. The molecule has 110 valence electrons. The molecule has 1 heterocycles. The molecule has 2 aromatic rings. The van der Waals surface area contributed by atoms with Gasteiger partial charge in [0.1, 0.15) is 6.67 Å². The molecule has 2 aromatic carbocycles. The number of halogens is 1. The minimum absolute atomic E-state index is 0.288. The number of hydrogen-bond donors (Lipinski definition) is 1. The maximum atomic E-state index is 12.2. The summed E-state index contributed by atoms with van der Waals surface area (Å²) in [6, 6.07) is 21.9. The van der Waals surface area contributed by atoms with E-state index in [1.807, 2.05) is 12.1 Å². The molecular weight excluding hydrogens is 263 g/mol. The summed E-state index contributed by atoms with van der Waals surface area (Å²) in [6.07, 6.45) is 0. The van der Waals surface area contributed by atoms with Crippen molar-refractivity contribution < 1.29 is 4.39 Å². The second kappa shape index (κ2) is 6.83. The first-order chi connectivity index (χ1) is 10.4. The van der Waals surface area contributed by atoms with Crippen LogP contribution in [0.3, 0.4) is 0 Å². The number of hydrogen-bond acceptors (Lipinski definition) is 2. The fourth-order valence-corrected chi connectivity index (χ4v) is 3.00. The number of likely N-dealkylation sites (tertiary alicyclic amines) is 1. The molecule has 2 nitrogen and oxygen atoms in total. The summed E-state index contributed by atoms with van der Waals surface area (Å²) < 4.78 is 12.2. The first-order valence-electron chi connectivity index (χ1n) is 7.52. The van der Waals surface area contributed by atoms with Crippen molar-refractivity contribution >= 4 is 0 Å². The van der Waals surface area contributed by atoms with Gasteiger partial charge >= 0.3 is 0 Å². The summed E-state index contributed by atoms with van der Waals surface area (Å²) in [4.78, 5) is 2.45. The predicted molar refractivity (Wildman–Crippen MR) is 84.1 cm³/mol. The van der Waals surface area contributed by atoms with Crippen LogP contribution in [0.2, 0.25) is 0 Å². The van der Waals surface area contributed by atoms with E-state index in [-0.39, 0.29) is 12.7 Å². The van der Waals surface area contributed by atoms with E-state index in [4.69, 9.17) is 0 Å². The van der Waals surface area contributed by atoms with Crippen molar-refractivity contribution in [2.75, 3.05) is 26.3 Å². The Morgan fingerprint density at radius 2 is 1.48 bits per heavy atom. The molecule has 0 saturated carbocycles. The van der Waals surface area contributed by atoms with Gasteiger partial charge in [-0.1, -0.05) is 60.7 Å².